The van der Waals surface area contributed by atoms with Crippen LogP contribution in [0.2, 0.25) is 0 Å². The smallest absolute Gasteiger partial charge is 0.299 e. The maximum absolute atomic E-state index is 11.9. The number of carbonyl (C=O) groups excluding carboxylic acids is 2. The molecule has 0 unspecified atom stereocenters. The molecule has 6 nitrogen and oxygen atoms in total. The first-order valence-corrected chi connectivity index (χ1v) is 6.18. The normalized spacial score (nSPS) is 14.8. The number of benzene rings is 1. The van der Waals surface area contributed by atoms with E-state index < -0.39 is 16.6 Å². The molecule has 0 aromatic heterocycles. The van der Waals surface area contributed by atoms with Crippen LogP contribution in [0.25, 0.3) is 0 Å². The number of nitro groups is 1. The van der Waals surface area contributed by atoms with Crippen LogP contribution in [0.15, 0.2) is 23.2 Å². The van der Waals surface area contributed by atoms with Gasteiger partial charge in [-0.1, -0.05) is 17.7 Å². The van der Waals surface area contributed by atoms with Gasteiger partial charge < -0.3 is 4.90 Å². The van der Waals surface area contributed by atoms with Crippen LogP contribution in [-0.2, 0) is 4.79 Å². The van der Waals surface area contributed by atoms with E-state index in [0.717, 1.165) is 6.07 Å². The van der Waals surface area contributed by atoms with Crippen molar-refractivity contribution in [2.75, 3.05) is 11.4 Å². The molecule has 0 bridgehead atoms. The number of ketones is 1. The van der Waals surface area contributed by atoms with Gasteiger partial charge >= 0.3 is 0 Å². The minimum absolute atomic E-state index is 0.0716. The number of nitro benzene ring substituents is 1. The van der Waals surface area contributed by atoms with Gasteiger partial charge in [-0.05, 0) is 19.4 Å². The van der Waals surface area contributed by atoms with Gasteiger partial charge in [-0.25, -0.2) is 0 Å². The fourth-order valence-electron chi connectivity index (χ4n) is 2.13. The second-order valence-corrected chi connectivity index (χ2v) is 5.05. The van der Waals surface area contributed by atoms with Crippen molar-refractivity contribution in [2.24, 2.45) is 0 Å². The number of aryl methyl sites for hydroxylation is 1. The summed E-state index contributed by atoms with van der Waals surface area (Å²) in [6.07, 6.45) is 1.60. The molecule has 0 spiro atoms. The first-order valence-electron chi connectivity index (χ1n) is 5.80. The maximum atomic E-state index is 11.9. The monoisotopic (exact) mass is 294 g/mol. The minimum Gasteiger partial charge on any atom is -0.301 e. The second kappa shape index (κ2) is 5.05. The fourth-order valence-corrected chi connectivity index (χ4v) is 2.20. The molecular formula is C13H11ClN2O4. The van der Waals surface area contributed by atoms with Gasteiger partial charge in [0.1, 0.15) is 0 Å². The molecule has 7 heteroatoms. The van der Waals surface area contributed by atoms with E-state index in [4.69, 9.17) is 11.6 Å². The summed E-state index contributed by atoms with van der Waals surface area (Å²) in [6, 6.07) is 2.48. The number of Topliss-reactive ketones (excluding diaryl/α,β-unsaturated/α-hetero) is 1. The molecule has 0 saturated heterocycles. The average molecular weight is 295 g/mol. The van der Waals surface area contributed by atoms with Crippen molar-refractivity contribution >= 4 is 34.7 Å². The molecule has 2 rings (SSSR count). The molecule has 1 aliphatic rings. The highest BCUT2D eigenvalue weighted by atomic mass is 35.5. The summed E-state index contributed by atoms with van der Waals surface area (Å²) in [5.74, 6) is -1.43. The van der Waals surface area contributed by atoms with Crippen LogP contribution in [0, 0.1) is 17.0 Å². The first-order chi connectivity index (χ1) is 9.32. The topological polar surface area (TPSA) is 80.5 Å². The molecular weight excluding hydrogens is 284 g/mol. The molecule has 0 saturated carbocycles. The van der Waals surface area contributed by atoms with Crippen molar-refractivity contribution in [3.05, 3.63) is 44.5 Å². The fraction of sp³-hybridized carbons (Fsp3) is 0.231. The number of hydrogen-bond acceptors (Lipinski definition) is 4. The van der Waals surface area contributed by atoms with Crippen LogP contribution in [0.1, 0.15) is 22.8 Å². The molecule has 0 N–H and O–H groups in total. The van der Waals surface area contributed by atoms with E-state index in [0.29, 0.717) is 16.3 Å². The number of allylic oxidation sites excluding steroid dienone is 1. The van der Waals surface area contributed by atoms with Crippen LogP contribution in [0.4, 0.5) is 11.4 Å². The van der Waals surface area contributed by atoms with Crippen molar-refractivity contribution in [1.29, 1.82) is 0 Å². The predicted octanol–water partition coefficient (Wildman–Crippen LogP) is 2.58. The number of amides is 1. The number of non-ortho nitro benzene ring substituents is 1. The van der Waals surface area contributed by atoms with Gasteiger partial charge in [0, 0.05) is 23.7 Å². The van der Waals surface area contributed by atoms with E-state index in [9.17, 15) is 19.7 Å². The van der Waals surface area contributed by atoms with Crippen molar-refractivity contribution in [3.63, 3.8) is 0 Å². The third-order valence-corrected chi connectivity index (χ3v) is 3.16. The molecule has 1 aromatic carbocycles. The van der Waals surface area contributed by atoms with E-state index >= 15 is 0 Å². The van der Waals surface area contributed by atoms with E-state index in [2.05, 4.69) is 0 Å². The summed E-state index contributed by atoms with van der Waals surface area (Å²) < 4.78 is 0. The van der Waals surface area contributed by atoms with Gasteiger partial charge in [0.15, 0.2) is 0 Å². The number of nitrogens with zero attached hydrogens (tertiary/aromatic N) is 2. The molecule has 104 valence electrons. The standard InChI is InChI=1S/C13H11ClN2O4/c1-7-5-9(16(19)20)6-10-11(7)15(4-3-8(2)14)13(18)12(10)17/h3,5-6H,4H2,1-2H3/b8-3+. The van der Waals surface area contributed by atoms with Crippen molar-refractivity contribution in [3.8, 4) is 0 Å². The Morgan fingerprint density at radius 1 is 1.45 bits per heavy atom. The zero-order valence-corrected chi connectivity index (χ0v) is 11.6. The van der Waals surface area contributed by atoms with Gasteiger partial charge in [-0.3, -0.25) is 19.7 Å². The van der Waals surface area contributed by atoms with Crippen molar-refractivity contribution in [1.82, 2.24) is 0 Å². The summed E-state index contributed by atoms with van der Waals surface area (Å²) in [5, 5.41) is 11.3. The Kier molecular flexibility index (Phi) is 3.59. The van der Waals surface area contributed by atoms with Crippen LogP contribution in [-0.4, -0.2) is 23.2 Å². The number of hydrogen-bond donors (Lipinski definition) is 0. The van der Waals surface area contributed by atoms with Gasteiger partial charge in [-0.2, -0.15) is 0 Å². The SMILES string of the molecule is C/C(Cl)=C\CN1C(=O)C(=O)c2cc([N+](=O)[O-])cc(C)c21. The Morgan fingerprint density at radius 3 is 2.65 bits per heavy atom. The van der Waals surface area contributed by atoms with E-state index in [1.54, 1.807) is 19.9 Å². The van der Waals surface area contributed by atoms with Crippen LogP contribution in [0.3, 0.4) is 0 Å². The van der Waals surface area contributed by atoms with Crippen molar-refractivity contribution < 1.29 is 14.5 Å². The summed E-state index contributed by atoms with van der Waals surface area (Å²) >= 11 is 5.72. The Morgan fingerprint density at radius 2 is 2.10 bits per heavy atom. The zero-order chi connectivity index (χ0) is 15.0. The number of halogens is 1. The molecule has 1 amide bonds. The van der Waals surface area contributed by atoms with Gasteiger partial charge in [-0.15, -0.1) is 0 Å². The molecule has 0 aliphatic carbocycles. The highest BCUT2D eigenvalue weighted by Crippen LogP contribution is 2.35. The highest BCUT2D eigenvalue weighted by Gasteiger charge is 2.37. The van der Waals surface area contributed by atoms with E-state index in [1.165, 1.54) is 11.0 Å². The Hall–Kier alpha value is -2.21. The van der Waals surface area contributed by atoms with Gasteiger partial charge in [0.2, 0.25) is 0 Å². The summed E-state index contributed by atoms with van der Waals surface area (Å²) in [6.45, 7) is 3.45. The maximum Gasteiger partial charge on any atom is 0.299 e. The van der Waals surface area contributed by atoms with Crippen LogP contribution in [0.5, 0.6) is 0 Å². The molecule has 20 heavy (non-hydrogen) atoms. The second-order valence-electron chi connectivity index (χ2n) is 4.45. The predicted molar refractivity (Wildman–Crippen MR) is 74.1 cm³/mol. The lowest BCUT2D eigenvalue weighted by molar-refractivity contribution is -0.384. The van der Waals surface area contributed by atoms with E-state index in [1.807, 2.05) is 0 Å². The van der Waals surface area contributed by atoms with Crippen LogP contribution < -0.4 is 4.90 Å². The summed E-state index contributed by atoms with van der Waals surface area (Å²) in [5.41, 5.74) is 0.796. The molecule has 0 radical (unpaired) electrons. The van der Waals surface area contributed by atoms with E-state index in [-0.39, 0.29) is 17.8 Å². The lowest BCUT2D eigenvalue weighted by atomic mass is 10.1. The first kappa shape index (κ1) is 14.2. The Balaban J connectivity index is 2.55. The third-order valence-electron chi connectivity index (χ3n) is 3.01. The van der Waals surface area contributed by atoms with Crippen LogP contribution >= 0.6 is 11.6 Å². The molecule has 0 atom stereocenters. The Labute approximate surface area is 119 Å². The Bertz CT molecular complexity index is 663. The largest absolute Gasteiger partial charge is 0.301 e. The van der Waals surface area contributed by atoms with Gasteiger partial charge in [0.25, 0.3) is 17.4 Å². The van der Waals surface area contributed by atoms with Gasteiger partial charge in [0.05, 0.1) is 16.2 Å². The minimum atomic E-state index is -0.729. The zero-order valence-electron chi connectivity index (χ0n) is 10.8. The van der Waals surface area contributed by atoms with Crippen molar-refractivity contribution in [2.45, 2.75) is 13.8 Å². The number of carbonyl (C=O) groups is 2. The average Bonchev–Trinajstić information content (AvgIpc) is 2.61. The lowest BCUT2D eigenvalue weighted by Crippen LogP contribution is -2.30. The number of anilines is 1. The number of fused-ring (bicyclic) bond motifs is 1. The molecule has 1 heterocycles. The quantitative estimate of drug-likeness (QED) is 0.487. The summed E-state index contributed by atoms with van der Waals surface area (Å²) in [4.78, 5) is 35.4. The highest BCUT2D eigenvalue weighted by molar-refractivity contribution is 6.52. The lowest BCUT2D eigenvalue weighted by Gasteiger charge is -2.16. The molecule has 1 aliphatic heterocycles. The summed E-state index contributed by atoms with van der Waals surface area (Å²) in [7, 11) is 0. The third kappa shape index (κ3) is 2.30. The molecule has 1 aromatic rings. The number of rotatable bonds is 3. The molecule has 0 fully saturated rings.